The van der Waals surface area contributed by atoms with E-state index in [0.717, 1.165) is 0 Å². The fraction of sp³-hybridized carbons (Fsp3) is 1.00. The first-order chi connectivity index (χ1) is 5.66. The molecule has 0 radical (unpaired) electrons. The van der Waals surface area contributed by atoms with Crippen molar-refractivity contribution in [1.29, 1.82) is 0 Å². The first-order valence-electron chi connectivity index (χ1n) is 3.87. The number of hydrogen-bond acceptors (Lipinski definition) is 5. The van der Waals surface area contributed by atoms with Gasteiger partial charge in [0.2, 0.25) is 0 Å². The summed E-state index contributed by atoms with van der Waals surface area (Å²) in [7, 11) is 0. The number of aliphatic hydroxyl groups excluding tert-OH is 3. The van der Waals surface area contributed by atoms with E-state index >= 15 is 0 Å². The molecule has 0 saturated carbocycles. The van der Waals surface area contributed by atoms with Gasteiger partial charge in [-0.25, -0.2) is 0 Å². The molecule has 1 rings (SSSR count). The predicted octanol–water partition coefficient (Wildman–Crippen LogP) is -1.54. The van der Waals surface area contributed by atoms with Gasteiger partial charge >= 0.3 is 0 Å². The first kappa shape index (κ1) is 9.88. The van der Waals surface area contributed by atoms with Crippen LogP contribution in [0.25, 0.3) is 0 Å². The van der Waals surface area contributed by atoms with Crippen molar-refractivity contribution in [3.63, 3.8) is 0 Å². The second kappa shape index (κ2) is 4.15. The maximum Gasteiger partial charge on any atom is 0.147 e. The van der Waals surface area contributed by atoms with Gasteiger partial charge in [0, 0.05) is 0 Å². The van der Waals surface area contributed by atoms with Crippen LogP contribution in [0.5, 0.6) is 0 Å². The van der Waals surface area contributed by atoms with Crippen LogP contribution in [0.1, 0.15) is 6.92 Å². The third kappa shape index (κ3) is 1.94. The quantitative estimate of drug-likeness (QED) is 0.477. The molecule has 12 heavy (non-hydrogen) atoms. The van der Waals surface area contributed by atoms with E-state index in [1.54, 1.807) is 0 Å². The Kier molecular flexibility index (Phi) is 3.42. The molecular weight excluding hydrogens is 164 g/mol. The molecule has 1 aliphatic rings. The van der Waals surface area contributed by atoms with Gasteiger partial charge in [0.05, 0.1) is 12.7 Å². The molecule has 5 nitrogen and oxygen atoms in total. The Morgan fingerprint density at radius 3 is 2.67 bits per heavy atom. The van der Waals surface area contributed by atoms with Gasteiger partial charge in [-0.2, -0.15) is 0 Å². The normalized spacial score (nSPS) is 39.5. The van der Waals surface area contributed by atoms with Crippen molar-refractivity contribution in [1.82, 2.24) is 0 Å². The Bertz CT molecular complexity index is 138. The molecule has 1 heterocycles. The Balaban J connectivity index is 2.53. The van der Waals surface area contributed by atoms with Crippen molar-refractivity contribution in [2.24, 2.45) is 0 Å². The lowest BCUT2D eigenvalue weighted by molar-refractivity contribution is -0.255. The van der Waals surface area contributed by atoms with Crippen molar-refractivity contribution in [3.05, 3.63) is 0 Å². The van der Waals surface area contributed by atoms with Gasteiger partial charge in [-0.1, -0.05) is 0 Å². The SMILES string of the molecule is C[C@@H](O)[C@H]1OCO[C@@H](CO)[C@H]1O. The highest BCUT2D eigenvalue weighted by atomic mass is 16.7. The fourth-order valence-corrected chi connectivity index (χ4v) is 1.20. The molecular formula is C7H14O5. The van der Waals surface area contributed by atoms with Crippen LogP contribution in [0.15, 0.2) is 0 Å². The molecule has 5 heteroatoms. The van der Waals surface area contributed by atoms with E-state index in [1.807, 2.05) is 0 Å². The molecule has 72 valence electrons. The predicted molar refractivity (Wildman–Crippen MR) is 39.4 cm³/mol. The van der Waals surface area contributed by atoms with E-state index in [0.29, 0.717) is 0 Å². The fourth-order valence-electron chi connectivity index (χ4n) is 1.20. The van der Waals surface area contributed by atoms with Crippen LogP contribution in [0.3, 0.4) is 0 Å². The lowest BCUT2D eigenvalue weighted by Crippen LogP contribution is -2.52. The zero-order chi connectivity index (χ0) is 9.14. The molecule has 3 N–H and O–H groups in total. The van der Waals surface area contributed by atoms with Crippen molar-refractivity contribution in [3.8, 4) is 0 Å². The van der Waals surface area contributed by atoms with Crippen LogP contribution in [-0.2, 0) is 9.47 Å². The Hall–Kier alpha value is -0.200. The van der Waals surface area contributed by atoms with Crippen molar-refractivity contribution in [2.75, 3.05) is 13.4 Å². The molecule has 0 bridgehead atoms. The molecule has 0 unspecified atom stereocenters. The minimum Gasteiger partial charge on any atom is -0.394 e. The van der Waals surface area contributed by atoms with Gasteiger partial charge in [-0.3, -0.25) is 0 Å². The summed E-state index contributed by atoms with van der Waals surface area (Å²) < 4.78 is 9.84. The van der Waals surface area contributed by atoms with Gasteiger partial charge in [0.15, 0.2) is 0 Å². The molecule has 0 aromatic rings. The Labute approximate surface area is 70.5 Å². The highest BCUT2D eigenvalue weighted by Crippen LogP contribution is 2.16. The molecule has 0 aliphatic carbocycles. The van der Waals surface area contributed by atoms with E-state index in [2.05, 4.69) is 0 Å². The summed E-state index contributed by atoms with van der Waals surface area (Å²) in [5, 5.41) is 27.3. The third-order valence-electron chi connectivity index (χ3n) is 1.92. The topological polar surface area (TPSA) is 79.2 Å². The van der Waals surface area contributed by atoms with Gasteiger partial charge in [0.25, 0.3) is 0 Å². The average Bonchev–Trinajstić information content (AvgIpc) is 2.04. The summed E-state index contributed by atoms with van der Waals surface area (Å²) in [6, 6.07) is 0. The minimum absolute atomic E-state index is 0.00213. The van der Waals surface area contributed by atoms with Crippen LogP contribution >= 0.6 is 0 Å². The zero-order valence-electron chi connectivity index (χ0n) is 6.88. The summed E-state index contributed by atoms with van der Waals surface area (Å²) >= 11 is 0. The summed E-state index contributed by atoms with van der Waals surface area (Å²) in [4.78, 5) is 0. The van der Waals surface area contributed by atoms with Crippen molar-refractivity contribution in [2.45, 2.75) is 31.3 Å². The summed E-state index contributed by atoms with van der Waals surface area (Å²) in [6.45, 7) is 1.25. The average molecular weight is 178 g/mol. The van der Waals surface area contributed by atoms with E-state index < -0.39 is 24.4 Å². The third-order valence-corrected chi connectivity index (χ3v) is 1.92. The highest BCUT2D eigenvalue weighted by Gasteiger charge is 2.35. The summed E-state index contributed by atoms with van der Waals surface area (Å²) in [6.07, 6.45) is -3.06. The van der Waals surface area contributed by atoms with Crippen molar-refractivity contribution >= 4 is 0 Å². The highest BCUT2D eigenvalue weighted by molar-refractivity contribution is 4.82. The van der Waals surface area contributed by atoms with E-state index in [-0.39, 0.29) is 13.4 Å². The molecule has 1 saturated heterocycles. The standard InChI is InChI=1S/C7H14O5/c1-4(9)7-6(10)5(2-8)11-3-12-7/h4-10H,2-3H2,1H3/t4-,5+,6-,7-/m1/s1. The molecule has 1 aliphatic heterocycles. The monoisotopic (exact) mass is 178 g/mol. The number of rotatable bonds is 2. The maximum atomic E-state index is 9.43. The van der Waals surface area contributed by atoms with E-state index in [9.17, 15) is 5.11 Å². The van der Waals surface area contributed by atoms with Crippen LogP contribution < -0.4 is 0 Å². The second-order valence-electron chi connectivity index (χ2n) is 2.87. The maximum absolute atomic E-state index is 9.43. The molecule has 0 spiro atoms. The molecule has 0 amide bonds. The van der Waals surface area contributed by atoms with Crippen molar-refractivity contribution < 1.29 is 24.8 Å². The van der Waals surface area contributed by atoms with Gasteiger partial charge in [-0.05, 0) is 6.92 Å². The molecule has 0 aromatic carbocycles. The summed E-state index contributed by atoms with van der Waals surface area (Å²) in [5.41, 5.74) is 0. The molecule has 4 atom stereocenters. The number of hydrogen-bond donors (Lipinski definition) is 3. The second-order valence-corrected chi connectivity index (χ2v) is 2.87. The lowest BCUT2D eigenvalue weighted by Gasteiger charge is -2.35. The number of ether oxygens (including phenoxy) is 2. The Morgan fingerprint density at radius 2 is 2.17 bits per heavy atom. The largest absolute Gasteiger partial charge is 0.394 e. The zero-order valence-corrected chi connectivity index (χ0v) is 6.88. The Morgan fingerprint density at radius 1 is 1.50 bits per heavy atom. The van der Waals surface area contributed by atoms with Crippen LogP contribution in [0, 0.1) is 0 Å². The van der Waals surface area contributed by atoms with Gasteiger partial charge in [0.1, 0.15) is 25.1 Å². The molecule has 0 aromatic heterocycles. The lowest BCUT2D eigenvalue weighted by atomic mass is 10.0. The molecule has 1 fully saturated rings. The van der Waals surface area contributed by atoms with E-state index in [1.165, 1.54) is 6.92 Å². The van der Waals surface area contributed by atoms with Gasteiger partial charge < -0.3 is 24.8 Å². The van der Waals surface area contributed by atoms with Crippen LogP contribution in [0.2, 0.25) is 0 Å². The smallest absolute Gasteiger partial charge is 0.147 e. The first-order valence-corrected chi connectivity index (χ1v) is 3.87. The van der Waals surface area contributed by atoms with Crippen LogP contribution in [-0.4, -0.2) is 53.1 Å². The van der Waals surface area contributed by atoms with Gasteiger partial charge in [-0.15, -0.1) is 0 Å². The van der Waals surface area contributed by atoms with Crippen LogP contribution in [0.4, 0.5) is 0 Å². The minimum atomic E-state index is -0.969. The summed E-state index contributed by atoms with van der Waals surface area (Å²) in [5.74, 6) is 0. The number of aliphatic hydroxyl groups is 3. The van der Waals surface area contributed by atoms with E-state index in [4.69, 9.17) is 19.7 Å².